The van der Waals surface area contributed by atoms with Crippen molar-refractivity contribution in [2.45, 2.75) is 6.18 Å². The Morgan fingerprint density at radius 2 is 1.62 bits per heavy atom. The molecule has 0 aliphatic rings. The van der Waals surface area contributed by atoms with Gasteiger partial charge in [0.1, 0.15) is 6.33 Å². The first-order valence-corrected chi connectivity index (χ1v) is 9.15. The van der Waals surface area contributed by atoms with E-state index < -0.39 is 49.8 Å². The average Bonchev–Trinajstić information content (AvgIpc) is 2.78. The zero-order valence-electron chi connectivity index (χ0n) is 16.3. The lowest BCUT2D eigenvalue weighted by Crippen LogP contribution is -2.30. The molecule has 3 N–H and O–H groups in total. The molecule has 176 valence electrons. The van der Waals surface area contributed by atoms with E-state index in [1.165, 1.54) is 0 Å². The van der Waals surface area contributed by atoms with E-state index >= 15 is 0 Å². The van der Waals surface area contributed by atoms with Crippen LogP contribution in [0.15, 0.2) is 42.9 Å². The van der Waals surface area contributed by atoms with Gasteiger partial charge in [0.05, 0.1) is 20.4 Å². The number of nitrogens with one attached hydrogen (secondary N) is 3. The molecule has 0 bridgehead atoms. The van der Waals surface area contributed by atoms with Gasteiger partial charge in [0.2, 0.25) is 11.6 Å². The molecule has 13 nitrogen and oxygen atoms in total. The zero-order chi connectivity index (χ0) is 25.0. The highest BCUT2D eigenvalue weighted by Gasteiger charge is 2.32. The summed E-state index contributed by atoms with van der Waals surface area (Å²) in [4.78, 5) is 43.8. The quantitative estimate of drug-likeness (QED) is 0.320. The van der Waals surface area contributed by atoms with Gasteiger partial charge in [-0.2, -0.15) is 13.2 Å². The van der Waals surface area contributed by atoms with Crippen molar-refractivity contribution in [2.24, 2.45) is 0 Å². The lowest BCUT2D eigenvalue weighted by atomic mass is 10.2. The molecule has 2 aromatic heterocycles. The van der Waals surface area contributed by atoms with Crippen molar-refractivity contribution >= 4 is 46.3 Å². The van der Waals surface area contributed by atoms with Crippen LogP contribution in [0.5, 0.6) is 0 Å². The van der Waals surface area contributed by atoms with E-state index in [9.17, 15) is 38.2 Å². The van der Waals surface area contributed by atoms with Gasteiger partial charge in [-0.15, -0.1) is 0 Å². The summed E-state index contributed by atoms with van der Waals surface area (Å²) in [7, 11) is 0. The lowest BCUT2D eigenvalue weighted by molar-refractivity contribution is -0.384. The Labute approximate surface area is 191 Å². The van der Waals surface area contributed by atoms with E-state index in [0.717, 1.165) is 30.6 Å². The molecule has 2 heterocycles. The fraction of sp³-hybridized carbons (Fsp3) is 0.0588. The minimum atomic E-state index is -4.70. The number of alkyl halides is 3. The lowest BCUT2D eigenvalue weighted by Gasteiger charge is -2.12. The Kier molecular flexibility index (Phi) is 6.71. The van der Waals surface area contributed by atoms with Crippen molar-refractivity contribution in [3.8, 4) is 0 Å². The second-order valence-corrected chi connectivity index (χ2v) is 6.64. The fourth-order valence-corrected chi connectivity index (χ4v) is 2.67. The average molecular weight is 499 g/mol. The summed E-state index contributed by atoms with van der Waals surface area (Å²) < 4.78 is 38.3. The van der Waals surface area contributed by atoms with Crippen LogP contribution in [0.25, 0.3) is 0 Å². The molecule has 0 atom stereocenters. The maximum absolute atomic E-state index is 12.8. The van der Waals surface area contributed by atoms with Gasteiger partial charge in [-0.1, -0.05) is 11.6 Å². The summed E-state index contributed by atoms with van der Waals surface area (Å²) in [6.07, 6.45) is -3.35. The second-order valence-electron chi connectivity index (χ2n) is 6.24. The third-order valence-corrected chi connectivity index (χ3v) is 4.33. The van der Waals surface area contributed by atoms with Gasteiger partial charge >= 0.3 is 11.9 Å². The molecule has 0 saturated heterocycles. The normalized spacial score (nSPS) is 10.9. The minimum absolute atomic E-state index is 0.00565. The number of carbonyl (C=O) groups is 1. The molecule has 0 fully saturated rings. The zero-order valence-corrected chi connectivity index (χ0v) is 17.1. The number of hydrogen-bond acceptors (Lipinski definition) is 10. The molecule has 3 rings (SSSR count). The highest BCUT2D eigenvalue weighted by Crippen LogP contribution is 2.35. The van der Waals surface area contributed by atoms with Crippen molar-refractivity contribution < 1.29 is 27.8 Å². The van der Waals surface area contributed by atoms with Crippen LogP contribution in [0.4, 0.5) is 42.0 Å². The van der Waals surface area contributed by atoms with Crippen LogP contribution in [0.2, 0.25) is 5.02 Å². The van der Waals surface area contributed by atoms with E-state index in [1.54, 1.807) is 0 Å². The number of pyridine rings is 1. The van der Waals surface area contributed by atoms with Crippen molar-refractivity contribution in [3.63, 3.8) is 0 Å². The van der Waals surface area contributed by atoms with Crippen molar-refractivity contribution in [3.05, 3.63) is 79.2 Å². The maximum atomic E-state index is 12.8. The van der Waals surface area contributed by atoms with Crippen LogP contribution in [-0.4, -0.2) is 30.7 Å². The van der Waals surface area contributed by atoms with Gasteiger partial charge in [-0.3, -0.25) is 35.9 Å². The first kappa shape index (κ1) is 24.1. The monoisotopic (exact) mass is 498 g/mol. The first-order chi connectivity index (χ1) is 16.0. The van der Waals surface area contributed by atoms with Crippen molar-refractivity contribution in [2.75, 3.05) is 10.7 Å². The number of benzene rings is 1. The molecular weight excluding hydrogens is 489 g/mol. The Bertz CT molecular complexity index is 1270. The minimum Gasteiger partial charge on any atom is -0.318 e. The van der Waals surface area contributed by atoms with Crippen LogP contribution in [-0.2, 0) is 6.18 Å². The molecule has 0 aliphatic heterocycles. The maximum Gasteiger partial charge on any atom is 0.417 e. The van der Waals surface area contributed by atoms with Crippen molar-refractivity contribution in [1.29, 1.82) is 0 Å². The number of hydrazine groups is 1. The Hall–Kier alpha value is -4.60. The first-order valence-electron chi connectivity index (χ1n) is 8.77. The van der Waals surface area contributed by atoms with Crippen LogP contribution in [0.3, 0.4) is 0 Å². The Morgan fingerprint density at radius 3 is 2.18 bits per heavy atom. The molecule has 1 aromatic carbocycles. The van der Waals surface area contributed by atoms with E-state index in [2.05, 4.69) is 31.1 Å². The number of hydrogen-bond donors (Lipinski definition) is 3. The highest BCUT2D eigenvalue weighted by atomic mass is 35.5. The van der Waals surface area contributed by atoms with Gasteiger partial charge in [-0.05, 0) is 18.2 Å². The molecule has 17 heteroatoms. The summed E-state index contributed by atoms with van der Waals surface area (Å²) in [6.45, 7) is 0. The number of aromatic nitrogens is 3. The number of anilines is 3. The number of amides is 1. The number of nitro benzene ring substituents is 1. The molecule has 0 saturated carbocycles. The Morgan fingerprint density at radius 1 is 0.971 bits per heavy atom. The smallest absolute Gasteiger partial charge is 0.318 e. The third-order valence-electron chi connectivity index (χ3n) is 4.04. The van der Waals surface area contributed by atoms with Crippen LogP contribution >= 0.6 is 11.6 Å². The molecular formula is C17H10ClF3N8O5. The van der Waals surface area contributed by atoms with Gasteiger partial charge in [0.15, 0.2) is 5.82 Å². The van der Waals surface area contributed by atoms with Gasteiger partial charge < -0.3 is 5.32 Å². The molecule has 0 spiro atoms. The Balaban J connectivity index is 1.82. The van der Waals surface area contributed by atoms with Gasteiger partial charge in [0.25, 0.3) is 11.6 Å². The predicted octanol–water partition coefficient (Wildman–Crippen LogP) is 3.86. The highest BCUT2D eigenvalue weighted by molar-refractivity contribution is 6.33. The van der Waals surface area contributed by atoms with Gasteiger partial charge in [-0.25, -0.2) is 15.0 Å². The van der Waals surface area contributed by atoms with Crippen LogP contribution < -0.4 is 16.2 Å². The van der Waals surface area contributed by atoms with Crippen LogP contribution in [0, 0.1) is 20.2 Å². The molecule has 0 radical (unpaired) electrons. The number of rotatable bonds is 7. The van der Waals surface area contributed by atoms with Gasteiger partial charge in [0, 0.05) is 23.9 Å². The molecule has 0 aliphatic carbocycles. The summed E-state index contributed by atoms with van der Waals surface area (Å²) in [5.74, 6) is -2.12. The molecule has 34 heavy (non-hydrogen) atoms. The molecule has 3 aromatic rings. The largest absolute Gasteiger partial charge is 0.417 e. The summed E-state index contributed by atoms with van der Waals surface area (Å²) >= 11 is 5.81. The van der Waals surface area contributed by atoms with Crippen molar-refractivity contribution in [1.82, 2.24) is 20.4 Å². The number of halogens is 4. The number of nitro groups is 2. The third kappa shape index (κ3) is 5.41. The topological polar surface area (TPSA) is 178 Å². The van der Waals surface area contributed by atoms with E-state index in [-0.39, 0.29) is 17.1 Å². The standard InChI is InChI=1S/C17H10ClF3N8O5/c18-11-5-9(17(19,20)21)6-22-13(11)25-14-12(29(33)34)15(24-7-23-14)26-27-16(30)8-1-3-10(4-2-8)28(31)32/h1-7H,(H,27,30)(H2,22,23,24,25,26). The second kappa shape index (κ2) is 9.49. The summed E-state index contributed by atoms with van der Waals surface area (Å²) in [5.41, 5.74) is 2.20. The SMILES string of the molecule is O=C(NNc1ncnc(Nc2ncc(C(F)(F)F)cc2Cl)c1[N+](=O)[O-])c1ccc([N+](=O)[O-])cc1. The fourth-order valence-electron chi connectivity index (χ4n) is 2.45. The number of nitrogens with zero attached hydrogens (tertiary/aromatic N) is 5. The van der Waals surface area contributed by atoms with E-state index in [0.29, 0.717) is 12.3 Å². The molecule has 1 amide bonds. The summed E-state index contributed by atoms with van der Waals surface area (Å²) in [5, 5.41) is 24.1. The van der Waals surface area contributed by atoms with E-state index in [4.69, 9.17) is 11.6 Å². The number of carbonyl (C=O) groups excluding carboxylic acids is 1. The number of non-ortho nitro benzene ring substituents is 1. The summed E-state index contributed by atoms with van der Waals surface area (Å²) in [6, 6.07) is 5.08. The molecule has 0 unspecified atom stereocenters. The predicted molar refractivity (Wildman–Crippen MR) is 110 cm³/mol. The van der Waals surface area contributed by atoms with E-state index in [1.807, 2.05) is 0 Å². The van der Waals surface area contributed by atoms with Crippen LogP contribution in [0.1, 0.15) is 15.9 Å².